The average Bonchev–Trinajstić information content (AvgIpc) is 2.74. The van der Waals surface area contributed by atoms with E-state index in [0.29, 0.717) is 16.3 Å². The van der Waals surface area contributed by atoms with Crippen LogP contribution in [-0.2, 0) is 4.79 Å². The van der Waals surface area contributed by atoms with Gasteiger partial charge < -0.3 is 4.90 Å². The number of hydrogen-bond acceptors (Lipinski definition) is 4. The van der Waals surface area contributed by atoms with Crippen molar-refractivity contribution in [2.24, 2.45) is 0 Å². The van der Waals surface area contributed by atoms with E-state index in [9.17, 15) is 4.79 Å². The molecule has 0 unspecified atom stereocenters. The summed E-state index contributed by atoms with van der Waals surface area (Å²) in [6, 6.07) is 5.56. The largest absolute Gasteiger partial charge is 0.342 e. The zero-order valence-corrected chi connectivity index (χ0v) is 11.7. The number of nitrogens with zero attached hydrogens (tertiary/aromatic N) is 3. The van der Waals surface area contributed by atoms with E-state index in [1.165, 1.54) is 24.6 Å². The zero-order valence-electron chi connectivity index (χ0n) is 10.8. The van der Waals surface area contributed by atoms with Gasteiger partial charge in [-0.25, -0.2) is 4.98 Å². The van der Waals surface area contributed by atoms with Crippen LogP contribution in [0.25, 0.3) is 0 Å². The standard InChI is InChI=1S/C14H17N3OS/c15-10-12-6-5-7-16-14(12)19-11-13(18)17-8-3-1-2-4-9-17/h5-7H,1-4,8-9,11H2. The van der Waals surface area contributed by atoms with Crippen molar-refractivity contribution in [1.29, 1.82) is 5.26 Å². The molecular formula is C14H17N3OS. The Labute approximate surface area is 117 Å². The molecule has 0 spiro atoms. The predicted octanol–water partition coefficient (Wildman–Crippen LogP) is 2.45. The molecule has 0 saturated carbocycles. The number of likely N-dealkylation sites (tertiary alicyclic amines) is 1. The van der Waals surface area contributed by atoms with Crippen LogP contribution in [-0.4, -0.2) is 34.6 Å². The van der Waals surface area contributed by atoms with Crippen LogP contribution in [0.15, 0.2) is 23.4 Å². The summed E-state index contributed by atoms with van der Waals surface area (Å²) in [7, 11) is 0. The van der Waals surface area contributed by atoms with E-state index in [2.05, 4.69) is 11.1 Å². The van der Waals surface area contributed by atoms with Gasteiger partial charge in [-0.2, -0.15) is 5.26 Å². The first-order chi connectivity index (χ1) is 9.31. The van der Waals surface area contributed by atoms with E-state index in [1.807, 2.05) is 4.90 Å². The molecule has 1 fully saturated rings. The summed E-state index contributed by atoms with van der Waals surface area (Å²) >= 11 is 1.36. The molecule has 0 aliphatic carbocycles. The maximum Gasteiger partial charge on any atom is 0.232 e. The molecule has 19 heavy (non-hydrogen) atoms. The van der Waals surface area contributed by atoms with Crippen LogP contribution in [0.3, 0.4) is 0 Å². The van der Waals surface area contributed by atoms with Crippen molar-refractivity contribution < 1.29 is 4.79 Å². The monoisotopic (exact) mass is 275 g/mol. The highest BCUT2D eigenvalue weighted by Crippen LogP contribution is 2.20. The summed E-state index contributed by atoms with van der Waals surface area (Å²) in [6.45, 7) is 1.74. The maximum absolute atomic E-state index is 12.1. The lowest BCUT2D eigenvalue weighted by Gasteiger charge is -2.19. The Morgan fingerprint density at radius 1 is 1.37 bits per heavy atom. The number of aromatic nitrogens is 1. The molecule has 1 aliphatic rings. The Kier molecular flexibility index (Phi) is 5.22. The van der Waals surface area contributed by atoms with Gasteiger partial charge in [0.2, 0.25) is 5.91 Å². The van der Waals surface area contributed by atoms with Gasteiger partial charge in [-0.1, -0.05) is 24.6 Å². The number of rotatable bonds is 3. The minimum absolute atomic E-state index is 0.154. The summed E-state index contributed by atoms with van der Waals surface area (Å²) < 4.78 is 0. The van der Waals surface area contributed by atoms with Crippen LogP contribution >= 0.6 is 11.8 Å². The van der Waals surface area contributed by atoms with Gasteiger partial charge in [0.25, 0.3) is 0 Å². The Morgan fingerprint density at radius 2 is 2.11 bits per heavy atom. The summed E-state index contributed by atoms with van der Waals surface area (Å²) in [5.74, 6) is 0.521. The van der Waals surface area contributed by atoms with Crippen molar-refractivity contribution in [3.63, 3.8) is 0 Å². The molecule has 0 radical (unpaired) electrons. The summed E-state index contributed by atoms with van der Waals surface area (Å²) in [5, 5.41) is 9.62. The number of hydrogen-bond donors (Lipinski definition) is 0. The molecule has 5 heteroatoms. The molecule has 2 rings (SSSR count). The molecule has 1 aliphatic heterocycles. The third kappa shape index (κ3) is 3.97. The quantitative estimate of drug-likeness (QED) is 0.795. The van der Waals surface area contributed by atoms with Crippen molar-refractivity contribution in [3.05, 3.63) is 23.9 Å². The van der Waals surface area contributed by atoms with E-state index in [1.54, 1.807) is 18.3 Å². The van der Waals surface area contributed by atoms with Gasteiger partial charge in [0, 0.05) is 19.3 Å². The van der Waals surface area contributed by atoms with Gasteiger partial charge in [0.1, 0.15) is 11.1 Å². The van der Waals surface area contributed by atoms with Crippen LogP contribution in [0, 0.1) is 11.3 Å². The fourth-order valence-corrected chi connectivity index (χ4v) is 2.98. The van der Waals surface area contributed by atoms with Crippen molar-refractivity contribution in [1.82, 2.24) is 9.88 Å². The first-order valence-corrected chi connectivity index (χ1v) is 7.55. The topological polar surface area (TPSA) is 57.0 Å². The highest BCUT2D eigenvalue weighted by atomic mass is 32.2. The Morgan fingerprint density at radius 3 is 2.79 bits per heavy atom. The van der Waals surface area contributed by atoms with E-state index in [4.69, 9.17) is 5.26 Å². The predicted molar refractivity (Wildman–Crippen MR) is 74.7 cm³/mol. The van der Waals surface area contributed by atoms with Crippen LogP contribution in [0.2, 0.25) is 0 Å². The molecule has 1 aromatic heterocycles. The number of nitriles is 1. The van der Waals surface area contributed by atoms with Crippen LogP contribution in [0.4, 0.5) is 0 Å². The molecule has 0 aromatic carbocycles. The normalized spacial score (nSPS) is 15.6. The van der Waals surface area contributed by atoms with Crippen LogP contribution in [0.1, 0.15) is 31.2 Å². The molecule has 100 valence electrons. The molecule has 0 atom stereocenters. The average molecular weight is 275 g/mol. The smallest absolute Gasteiger partial charge is 0.232 e. The van der Waals surface area contributed by atoms with E-state index < -0.39 is 0 Å². The molecular weight excluding hydrogens is 258 g/mol. The molecule has 1 amide bonds. The Bertz CT molecular complexity index is 476. The van der Waals surface area contributed by atoms with E-state index in [-0.39, 0.29) is 5.91 Å². The van der Waals surface area contributed by atoms with E-state index in [0.717, 1.165) is 25.9 Å². The summed E-state index contributed by atoms with van der Waals surface area (Å²) in [6.07, 6.45) is 6.29. The number of amides is 1. The second-order valence-corrected chi connectivity index (χ2v) is 5.52. The maximum atomic E-state index is 12.1. The molecule has 0 N–H and O–H groups in total. The third-order valence-electron chi connectivity index (χ3n) is 3.18. The lowest BCUT2D eigenvalue weighted by atomic mass is 10.2. The number of thioether (sulfide) groups is 1. The second-order valence-electron chi connectivity index (χ2n) is 4.55. The lowest BCUT2D eigenvalue weighted by Crippen LogP contribution is -2.33. The van der Waals surface area contributed by atoms with Crippen molar-refractivity contribution in [2.45, 2.75) is 30.7 Å². The third-order valence-corrected chi connectivity index (χ3v) is 4.17. The minimum Gasteiger partial charge on any atom is -0.342 e. The molecule has 4 nitrogen and oxygen atoms in total. The second kappa shape index (κ2) is 7.15. The molecule has 1 aromatic rings. The SMILES string of the molecule is N#Cc1cccnc1SCC(=O)N1CCCCCC1. The van der Waals surface area contributed by atoms with Crippen molar-refractivity contribution in [2.75, 3.05) is 18.8 Å². The van der Waals surface area contributed by atoms with Crippen LogP contribution < -0.4 is 0 Å². The highest BCUT2D eigenvalue weighted by Gasteiger charge is 2.16. The number of carbonyl (C=O) groups excluding carboxylic acids is 1. The fraction of sp³-hybridized carbons (Fsp3) is 0.500. The Balaban J connectivity index is 1.91. The van der Waals surface area contributed by atoms with E-state index >= 15 is 0 Å². The number of pyridine rings is 1. The van der Waals surface area contributed by atoms with Gasteiger partial charge in [-0.05, 0) is 25.0 Å². The van der Waals surface area contributed by atoms with Gasteiger partial charge in [-0.3, -0.25) is 4.79 Å². The first kappa shape index (κ1) is 13.9. The zero-order chi connectivity index (χ0) is 13.5. The van der Waals surface area contributed by atoms with Crippen LogP contribution in [0.5, 0.6) is 0 Å². The fourth-order valence-electron chi connectivity index (χ4n) is 2.13. The Hall–Kier alpha value is -1.54. The van der Waals surface area contributed by atoms with Crippen molar-refractivity contribution in [3.8, 4) is 6.07 Å². The number of carbonyl (C=O) groups is 1. The summed E-state index contributed by atoms with van der Waals surface area (Å²) in [5.41, 5.74) is 0.538. The van der Waals surface area contributed by atoms with Gasteiger partial charge in [0.05, 0.1) is 11.3 Å². The molecule has 0 bridgehead atoms. The lowest BCUT2D eigenvalue weighted by molar-refractivity contribution is -0.128. The van der Waals surface area contributed by atoms with Crippen molar-refractivity contribution >= 4 is 17.7 Å². The highest BCUT2D eigenvalue weighted by molar-refractivity contribution is 7.99. The van der Waals surface area contributed by atoms with Gasteiger partial charge in [-0.15, -0.1) is 0 Å². The molecule has 2 heterocycles. The summed E-state index contributed by atoms with van der Waals surface area (Å²) in [4.78, 5) is 18.2. The minimum atomic E-state index is 0.154. The van der Waals surface area contributed by atoms with Gasteiger partial charge in [0.15, 0.2) is 0 Å². The molecule has 1 saturated heterocycles. The first-order valence-electron chi connectivity index (χ1n) is 6.57. The van der Waals surface area contributed by atoms with Gasteiger partial charge >= 0.3 is 0 Å².